The fraction of sp³-hybridized carbons (Fsp3) is 0.433. The highest BCUT2D eigenvalue weighted by molar-refractivity contribution is 5.86. The zero-order chi connectivity index (χ0) is 27.2. The second-order valence-electron chi connectivity index (χ2n) is 10.1. The van der Waals surface area contributed by atoms with Gasteiger partial charge in [-0.25, -0.2) is 4.79 Å². The molecule has 0 spiro atoms. The lowest BCUT2D eigenvalue weighted by Crippen LogP contribution is -2.28. The molecule has 8 heteroatoms. The minimum absolute atomic E-state index is 0.0657. The van der Waals surface area contributed by atoms with Gasteiger partial charge in [0.15, 0.2) is 6.29 Å². The number of hydrogen-bond acceptors (Lipinski definition) is 7. The molecule has 2 fully saturated rings. The molecule has 2 aliphatic rings. The lowest BCUT2D eigenvalue weighted by molar-refractivity contribution is -0.172. The number of benzene rings is 2. The van der Waals surface area contributed by atoms with E-state index in [1.807, 2.05) is 30.3 Å². The highest BCUT2D eigenvalue weighted by Crippen LogP contribution is 2.75. The molecule has 1 unspecified atom stereocenters. The summed E-state index contributed by atoms with van der Waals surface area (Å²) in [6.45, 7) is 4.55. The summed E-state index contributed by atoms with van der Waals surface area (Å²) < 4.78 is 22.2. The normalized spacial score (nSPS) is 24.8. The Kier molecular flexibility index (Phi) is 8.50. The van der Waals surface area contributed by atoms with E-state index in [2.05, 4.69) is 6.07 Å². The fourth-order valence-electron chi connectivity index (χ4n) is 5.52. The number of esters is 1. The van der Waals surface area contributed by atoms with Crippen molar-refractivity contribution < 1.29 is 33.6 Å². The molecule has 2 aromatic carbocycles. The van der Waals surface area contributed by atoms with E-state index >= 15 is 0 Å². The minimum atomic E-state index is -1.43. The molecule has 1 heterocycles. The van der Waals surface area contributed by atoms with Gasteiger partial charge in [-0.1, -0.05) is 50.3 Å². The zero-order valence-electron chi connectivity index (χ0n) is 21.7. The first kappa shape index (κ1) is 27.4. The van der Waals surface area contributed by atoms with Crippen LogP contribution in [0, 0.1) is 28.1 Å². The van der Waals surface area contributed by atoms with Crippen LogP contribution in [0.5, 0.6) is 11.5 Å². The molecule has 200 valence electrons. The molecular weight excluding hydrogens is 486 g/mol. The number of rotatable bonds is 11. The lowest BCUT2D eigenvalue weighted by Gasteiger charge is -2.22. The standard InChI is InChI=1S/C30H33NO7/c1-29(2)25(14-15-26(32)35-17-18-37-27-13-6-7-16-36-27)30(29,28(33)34)24(20-31)21-9-8-12-23(19-21)38-22-10-4-3-5-11-22/h3-5,8-12,14-15,19,24-25,27H,6-7,13,16-18H2,1-2H3,(H,33,34)/b15-14-/t24-,25-,27?,30+/m0/s1. The van der Waals surface area contributed by atoms with Crippen LogP contribution < -0.4 is 4.74 Å². The summed E-state index contributed by atoms with van der Waals surface area (Å²) in [5, 5.41) is 20.5. The minimum Gasteiger partial charge on any atom is -0.481 e. The second kappa shape index (κ2) is 11.8. The van der Waals surface area contributed by atoms with Gasteiger partial charge >= 0.3 is 11.9 Å². The zero-order valence-corrected chi connectivity index (χ0v) is 21.7. The van der Waals surface area contributed by atoms with Crippen LogP contribution in [-0.4, -0.2) is 43.2 Å². The predicted molar refractivity (Wildman–Crippen MR) is 138 cm³/mol. The van der Waals surface area contributed by atoms with Crippen LogP contribution in [-0.2, 0) is 23.8 Å². The summed E-state index contributed by atoms with van der Waals surface area (Å²) in [5.41, 5.74) is -1.67. The van der Waals surface area contributed by atoms with Crippen molar-refractivity contribution in [3.05, 3.63) is 72.3 Å². The number of carboxylic acids is 1. The highest BCUT2D eigenvalue weighted by Gasteiger charge is 2.78. The number of carbonyl (C=O) groups excluding carboxylic acids is 1. The quantitative estimate of drug-likeness (QED) is 0.237. The van der Waals surface area contributed by atoms with Gasteiger partial charge in [-0.2, -0.15) is 5.26 Å². The molecule has 8 nitrogen and oxygen atoms in total. The van der Waals surface area contributed by atoms with Crippen molar-refractivity contribution in [1.82, 2.24) is 0 Å². The summed E-state index contributed by atoms with van der Waals surface area (Å²) in [7, 11) is 0. The van der Waals surface area contributed by atoms with Gasteiger partial charge in [0.05, 0.1) is 18.6 Å². The number of nitrogens with zero attached hydrogens (tertiary/aromatic N) is 1. The van der Waals surface area contributed by atoms with E-state index in [1.54, 1.807) is 44.2 Å². The van der Waals surface area contributed by atoms with Gasteiger partial charge in [0.1, 0.15) is 23.5 Å². The Labute approximate surface area is 222 Å². The van der Waals surface area contributed by atoms with Crippen molar-refractivity contribution in [2.75, 3.05) is 19.8 Å². The topological polar surface area (TPSA) is 115 Å². The average molecular weight is 520 g/mol. The molecule has 4 atom stereocenters. The molecule has 1 saturated heterocycles. The van der Waals surface area contributed by atoms with Crippen LogP contribution >= 0.6 is 0 Å². The molecule has 1 N–H and O–H groups in total. The monoisotopic (exact) mass is 519 g/mol. The number of para-hydroxylation sites is 1. The number of aliphatic carboxylic acids is 1. The molecule has 0 aromatic heterocycles. The third-order valence-corrected chi connectivity index (χ3v) is 7.55. The maximum Gasteiger partial charge on any atom is 0.330 e. The van der Waals surface area contributed by atoms with Crippen molar-refractivity contribution in [3.8, 4) is 17.6 Å². The highest BCUT2D eigenvalue weighted by atomic mass is 16.7. The first-order chi connectivity index (χ1) is 18.3. The Bertz CT molecular complexity index is 1200. The molecule has 4 rings (SSSR count). The number of ether oxygens (including phenoxy) is 4. The summed E-state index contributed by atoms with van der Waals surface area (Å²) in [4.78, 5) is 25.0. The summed E-state index contributed by atoms with van der Waals surface area (Å²) in [5.74, 6) is -2.07. The third-order valence-electron chi connectivity index (χ3n) is 7.55. The van der Waals surface area contributed by atoms with Crippen molar-refractivity contribution in [2.24, 2.45) is 16.7 Å². The fourth-order valence-corrected chi connectivity index (χ4v) is 5.52. The van der Waals surface area contributed by atoms with E-state index < -0.39 is 34.6 Å². The van der Waals surface area contributed by atoms with Crippen molar-refractivity contribution in [1.29, 1.82) is 5.26 Å². The number of allylic oxidation sites excluding steroid dienone is 1. The molecule has 1 aliphatic heterocycles. The van der Waals surface area contributed by atoms with Crippen LogP contribution in [0.1, 0.15) is 44.6 Å². The van der Waals surface area contributed by atoms with E-state index in [0.29, 0.717) is 23.7 Å². The Morgan fingerprint density at radius 2 is 1.89 bits per heavy atom. The number of carbonyl (C=O) groups is 2. The Morgan fingerprint density at radius 1 is 1.13 bits per heavy atom. The summed E-state index contributed by atoms with van der Waals surface area (Å²) in [6, 6.07) is 18.4. The lowest BCUT2D eigenvalue weighted by atomic mass is 9.78. The first-order valence-corrected chi connectivity index (χ1v) is 12.8. The average Bonchev–Trinajstić information content (AvgIpc) is 3.42. The maximum atomic E-state index is 12.7. The van der Waals surface area contributed by atoms with E-state index in [-0.39, 0.29) is 19.5 Å². The Balaban J connectivity index is 1.44. The van der Waals surface area contributed by atoms with Crippen LogP contribution in [0.3, 0.4) is 0 Å². The summed E-state index contributed by atoms with van der Waals surface area (Å²) >= 11 is 0. The van der Waals surface area contributed by atoms with Crippen molar-refractivity contribution in [3.63, 3.8) is 0 Å². The molecule has 0 radical (unpaired) electrons. The van der Waals surface area contributed by atoms with Crippen LogP contribution in [0.4, 0.5) is 0 Å². The van der Waals surface area contributed by atoms with Gasteiger partial charge in [-0.05, 0) is 54.5 Å². The summed E-state index contributed by atoms with van der Waals surface area (Å²) in [6.07, 6.45) is 5.43. The van der Waals surface area contributed by atoms with Gasteiger partial charge in [0, 0.05) is 18.6 Å². The largest absolute Gasteiger partial charge is 0.481 e. The number of nitriles is 1. The molecule has 0 amide bonds. The van der Waals surface area contributed by atoms with E-state index in [9.17, 15) is 20.0 Å². The van der Waals surface area contributed by atoms with Crippen LogP contribution in [0.2, 0.25) is 0 Å². The number of carboxylic acid groups (broad SMARTS) is 1. The van der Waals surface area contributed by atoms with E-state index in [4.69, 9.17) is 18.9 Å². The third kappa shape index (κ3) is 5.59. The predicted octanol–water partition coefficient (Wildman–Crippen LogP) is 5.46. The first-order valence-electron chi connectivity index (χ1n) is 12.8. The van der Waals surface area contributed by atoms with Crippen LogP contribution in [0.15, 0.2) is 66.7 Å². The SMILES string of the molecule is CC1(C)[C@H](/C=C\C(=O)OCCOC2CCCCO2)[C@@]1(C(=O)O)[C@@H](C#N)c1cccc(Oc2ccccc2)c1. The molecule has 38 heavy (non-hydrogen) atoms. The van der Waals surface area contributed by atoms with Crippen molar-refractivity contribution >= 4 is 11.9 Å². The second-order valence-corrected chi connectivity index (χ2v) is 10.1. The molecule has 1 saturated carbocycles. The van der Waals surface area contributed by atoms with Gasteiger partial charge < -0.3 is 24.1 Å². The molecule has 2 aromatic rings. The van der Waals surface area contributed by atoms with Crippen molar-refractivity contribution in [2.45, 2.75) is 45.3 Å². The van der Waals surface area contributed by atoms with Gasteiger partial charge in [0.2, 0.25) is 0 Å². The van der Waals surface area contributed by atoms with Gasteiger partial charge in [-0.3, -0.25) is 4.79 Å². The van der Waals surface area contributed by atoms with E-state index in [1.165, 1.54) is 6.08 Å². The molecular formula is C30H33NO7. The van der Waals surface area contributed by atoms with Gasteiger partial charge in [-0.15, -0.1) is 0 Å². The smallest absolute Gasteiger partial charge is 0.330 e. The van der Waals surface area contributed by atoms with Gasteiger partial charge in [0.25, 0.3) is 0 Å². The number of hydrogen-bond donors (Lipinski definition) is 1. The van der Waals surface area contributed by atoms with E-state index in [0.717, 1.165) is 19.3 Å². The van der Waals surface area contributed by atoms with Crippen LogP contribution in [0.25, 0.3) is 0 Å². The molecule has 0 bridgehead atoms. The molecule has 1 aliphatic carbocycles. The maximum absolute atomic E-state index is 12.7. The Hall–Kier alpha value is -3.67. The Morgan fingerprint density at radius 3 is 2.58 bits per heavy atom.